The quantitative estimate of drug-likeness (QED) is 0.333. The Bertz CT molecular complexity index is 1500. The van der Waals surface area contributed by atoms with E-state index in [-0.39, 0.29) is 17.2 Å². The summed E-state index contributed by atoms with van der Waals surface area (Å²) in [4.78, 5) is 30.8. The number of pyridine rings is 1. The highest BCUT2D eigenvalue weighted by Gasteiger charge is 2.33. The smallest absolute Gasteiger partial charge is 0.353 e. The summed E-state index contributed by atoms with van der Waals surface area (Å²) in [6.45, 7) is 7.61. The lowest BCUT2D eigenvalue weighted by atomic mass is 10.1. The summed E-state index contributed by atoms with van der Waals surface area (Å²) in [5.74, 6) is 0.443. The standard InChI is InChI=1S/C29H28F3N5O/c1-18-16-23-24(17-19(18)2)35-27(26(34-23)21-8-5-4-6-9-21)36-12-7-13-37(15-14-36)28(38)22-10-11-25(29(30,31)32)33-20(22)3/h4-6,8-11,16-17H,7,12-15H2,1-3H3. The molecule has 6 nitrogen and oxygen atoms in total. The Morgan fingerprint density at radius 1 is 0.816 bits per heavy atom. The normalized spacial score (nSPS) is 14.6. The molecule has 2 aromatic heterocycles. The molecule has 0 spiro atoms. The number of halogens is 3. The maximum Gasteiger partial charge on any atom is 0.433 e. The van der Waals surface area contributed by atoms with Crippen molar-refractivity contribution in [2.24, 2.45) is 0 Å². The first-order valence-electron chi connectivity index (χ1n) is 12.6. The molecule has 38 heavy (non-hydrogen) atoms. The zero-order chi connectivity index (χ0) is 27.0. The molecule has 196 valence electrons. The molecule has 5 rings (SSSR count). The van der Waals surface area contributed by atoms with Crippen LogP contribution in [0.2, 0.25) is 0 Å². The number of carbonyl (C=O) groups excluding carboxylic acids is 1. The van der Waals surface area contributed by atoms with Crippen molar-refractivity contribution in [3.8, 4) is 11.3 Å². The third-order valence-corrected chi connectivity index (χ3v) is 7.00. The molecule has 0 radical (unpaired) electrons. The largest absolute Gasteiger partial charge is 0.433 e. The topological polar surface area (TPSA) is 62.2 Å². The van der Waals surface area contributed by atoms with Gasteiger partial charge in [-0.2, -0.15) is 13.2 Å². The van der Waals surface area contributed by atoms with Crippen LogP contribution < -0.4 is 4.90 Å². The minimum absolute atomic E-state index is 0.0725. The van der Waals surface area contributed by atoms with E-state index in [1.165, 1.54) is 13.0 Å². The molecule has 0 N–H and O–H groups in total. The van der Waals surface area contributed by atoms with Crippen LogP contribution in [-0.4, -0.2) is 51.9 Å². The molecule has 1 amide bonds. The van der Waals surface area contributed by atoms with Gasteiger partial charge in [-0.15, -0.1) is 0 Å². The van der Waals surface area contributed by atoms with E-state index in [1.54, 1.807) is 4.90 Å². The maximum absolute atomic E-state index is 13.3. The van der Waals surface area contributed by atoms with Crippen LogP contribution in [0.4, 0.5) is 19.0 Å². The zero-order valence-electron chi connectivity index (χ0n) is 21.5. The number of hydrogen-bond acceptors (Lipinski definition) is 5. The molecule has 1 saturated heterocycles. The van der Waals surface area contributed by atoms with Crippen molar-refractivity contribution in [1.82, 2.24) is 19.9 Å². The molecule has 0 atom stereocenters. The number of aryl methyl sites for hydroxylation is 3. The number of nitrogens with zero attached hydrogens (tertiary/aromatic N) is 5. The van der Waals surface area contributed by atoms with E-state index in [2.05, 4.69) is 29.8 Å². The summed E-state index contributed by atoms with van der Waals surface area (Å²) in [5.41, 5.74) is 4.93. The Morgan fingerprint density at radius 2 is 1.50 bits per heavy atom. The second-order valence-corrected chi connectivity index (χ2v) is 9.65. The van der Waals surface area contributed by atoms with Gasteiger partial charge in [-0.1, -0.05) is 30.3 Å². The van der Waals surface area contributed by atoms with Crippen LogP contribution in [0.5, 0.6) is 0 Å². The van der Waals surface area contributed by atoms with Gasteiger partial charge in [0.05, 0.1) is 22.3 Å². The Kier molecular flexibility index (Phi) is 6.77. The van der Waals surface area contributed by atoms with Crippen molar-refractivity contribution in [1.29, 1.82) is 0 Å². The van der Waals surface area contributed by atoms with Gasteiger partial charge in [0, 0.05) is 31.7 Å². The molecule has 0 saturated carbocycles. The van der Waals surface area contributed by atoms with Crippen molar-refractivity contribution in [2.45, 2.75) is 33.4 Å². The van der Waals surface area contributed by atoms with Crippen molar-refractivity contribution >= 4 is 22.8 Å². The Hall–Kier alpha value is -4.01. The van der Waals surface area contributed by atoms with Gasteiger partial charge in [0.2, 0.25) is 0 Å². The van der Waals surface area contributed by atoms with Gasteiger partial charge in [-0.05, 0) is 62.6 Å². The van der Waals surface area contributed by atoms with Crippen molar-refractivity contribution in [3.05, 3.63) is 82.7 Å². The highest BCUT2D eigenvalue weighted by atomic mass is 19.4. The Morgan fingerprint density at radius 3 is 2.16 bits per heavy atom. The first-order chi connectivity index (χ1) is 18.1. The van der Waals surface area contributed by atoms with Gasteiger partial charge in [-0.25, -0.2) is 15.0 Å². The summed E-state index contributed by atoms with van der Waals surface area (Å²) >= 11 is 0. The fourth-order valence-corrected chi connectivity index (χ4v) is 4.76. The third kappa shape index (κ3) is 5.05. The van der Waals surface area contributed by atoms with Gasteiger partial charge in [0.25, 0.3) is 5.91 Å². The SMILES string of the molecule is Cc1cc2nc(-c3ccccc3)c(N3CCCN(C(=O)c4ccc(C(F)(F)F)nc4C)CC3)nc2cc1C. The lowest BCUT2D eigenvalue weighted by Gasteiger charge is -2.25. The van der Waals surface area contributed by atoms with Crippen LogP contribution in [0.3, 0.4) is 0 Å². The molecular weight excluding hydrogens is 491 g/mol. The Balaban J connectivity index is 1.45. The molecule has 2 aromatic carbocycles. The van der Waals surface area contributed by atoms with Crippen LogP contribution in [0.1, 0.15) is 39.3 Å². The van der Waals surface area contributed by atoms with E-state index in [0.29, 0.717) is 32.6 Å². The van der Waals surface area contributed by atoms with Crippen LogP contribution in [-0.2, 0) is 6.18 Å². The van der Waals surface area contributed by atoms with Crippen LogP contribution in [0.15, 0.2) is 54.6 Å². The highest BCUT2D eigenvalue weighted by Crippen LogP contribution is 2.32. The fourth-order valence-electron chi connectivity index (χ4n) is 4.76. The average molecular weight is 520 g/mol. The van der Waals surface area contributed by atoms with E-state index < -0.39 is 11.9 Å². The van der Waals surface area contributed by atoms with Crippen LogP contribution in [0, 0.1) is 20.8 Å². The number of anilines is 1. The van der Waals surface area contributed by atoms with E-state index in [0.717, 1.165) is 45.3 Å². The number of fused-ring (bicyclic) bond motifs is 1. The average Bonchev–Trinajstić information content (AvgIpc) is 3.15. The maximum atomic E-state index is 13.3. The number of aromatic nitrogens is 3. The highest BCUT2D eigenvalue weighted by molar-refractivity contribution is 5.95. The predicted octanol–water partition coefficient (Wildman–Crippen LogP) is 5.99. The lowest BCUT2D eigenvalue weighted by Crippen LogP contribution is -2.36. The van der Waals surface area contributed by atoms with Gasteiger partial charge in [-0.3, -0.25) is 4.79 Å². The van der Waals surface area contributed by atoms with Gasteiger partial charge < -0.3 is 9.80 Å². The summed E-state index contributed by atoms with van der Waals surface area (Å²) in [7, 11) is 0. The minimum atomic E-state index is -4.55. The molecular formula is C29H28F3N5O. The van der Waals surface area contributed by atoms with Crippen molar-refractivity contribution in [2.75, 3.05) is 31.1 Å². The molecule has 0 bridgehead atoms. The molecule has 1 aliphatic heterocycles. The number of amides is 1. The van der Waals surface area contributed by atoms with E-state index in [9.17, 15) is 18.0 Å². The number of benzene rings is 2. The van der Waals surface area contributed by atoms with E-state index >= 15 is 0 Å². The molecule has 1 aliphatic rings. The number of rotatable bonds is 3. The second-order valence-electron chi connectivity index (χ2n) is 9.65. The first-order valence-corrected chi connectivity index (χ1v) is 12.6. The molecule has 4 aromatic rings. The van der Waals surface area contributed by atoms with Crippen LogP contribution in [0.25, 0.3) is 22.3 Å². The van der Waals surface area contributed by atoms with Crippen molar-refractivity contribution < 1.29 is 18.0 Å². The van der Waals surface area contributed by atoms with Crippen molar-refractivity contribution in [3.63, 3.8) is 0 Å². The third-order valence-electron chi connectivity index (χ3n) is 7.00. The van der Waals surface area contributed by atoms with Gasteiger partial charge in [0.15, 0.2) is 5.82 Å². The fraction of sp³-hybridized carbons (Fsp3) is 0.310. The van der Waals surface area contributed by atoms with Gasteiger partial charge in [0.1, 0.15) is 11.4 Å². The predicted molar refractivity (Wildman–Crippen MR) is 141 cm³/mol. The Labute approximate surface area is 219 Å². The molecule has 3 heterocycles. The first kappa shape index (κ1) is 25.6. The summed E-state index contributed by atoms with van der Waals surface area (Å²) in [6.07, 6.45) is -3.87. The summed E-state index contributed by atoms with van der Waals surface area (Å²) < 4.78 is 39.1. The number of hydrogen-bond donors (Lipinski definition) is 0. The number of carbonyl (C=O) groups is 1. The minimum Gasteiger partial charge on any atom is -0.353 e. The molecule has 0 unspecified atom stereocenters. The molecule has 9 heteroatoms. The molecule has 0 aliphatic carbocycles. The summed E-state index contributed by atoms with van der Waals surface area (Å²) in [5, 5.41) is 0. The zero-order valence-corrected chi connectivity index (χ0v) is 21.5. The summed E-state index contributed by atoms with van der Waals surface area (Å²) in [6, 6.07) is 16.1. The number of alkyl halides is 3. The monoisotopic (exact) mass is 519 g/mol. The van der Waals surface area contributed by atoms with E-state index in [4.69, 9.17) is 9.97 Å². The second kappa shape index (κ2) is 10.0. The molecule has 1 fully saturated rings. The van der Waals surface area contributed by atoms with Crippen LogP contribution >= 0.6 is 0 Å². The lowest BCUT2D eigenvalue weighted by molar-refractivity contribution is -0.141. The van der Waals surface area contributed by atoms with E-state index in [1.807, 2.05) is 36.4 Å². The van der Waals surface area contributed by atoms with Gasteiger partial charge >= 0.3 is 6.18 Å².